The molecule has 1 unspecified atom stereocenters. The number of carbonyl (C=O) groups is 1. The van der Waals surface area contributed by atoms with Gasteiger partial charge < -0.3 is 10.0 Å². The van der Waals surface area contributed by atoms with E-state index < -0.39 is 5.97 Å². The number of carboxylic acids is 1. The first-order valence-electron chi connectivity index (χ1n) is 6.77. The van der Waals surface area contributed by atoms with Crippen molar-refractivity contribution in [3.05, 3.63) is 47.2 Å². The van der Waals surface area contributed by atoms with E-state index in [1.807, 2.05) is 36.9 Å². The zero-order valence-corrected chi connectivity index (χ0v) is 12.8. The second-order valence-corrected chi connectivity index (χ2v) is 5.24. The van der Waals surface area contributed by atoms with E-state index in [2.05, 4.69) is 5.10 Å². The topological polar surface area (TPSA) is 58.4 Å². The Hall–Kier alpha value is -2.01. The minimum absolute atomic E-state index is 0.0984. The molecular weight excluding hydrogens is 290 g/mol. The molecule has 0 saturated heterocycles. The SMILES string of the molecule is CCn1cc(C(C)N(CC(=O)O)c2cccc(Cl)c2)cn1. The van der Waals surface area contributed by atoms with Crippen molar-refractivity contribution in [3.63, 3.8) is 0 Å². The Kier molecular flexibility index (Phi) is 4.85. The number of rotatable bonds is 6. The third-order valence-corrected chi connectivity index (χ3v) is 3.61. The summed E-state index contributed by atoms with van der Waals surface area (Å²) in [7, 11) is 0. The monoisotopic (exact) mass is 307 g/mol. The molecule has 0 aliphatic rings. The van der Waals surface area contributed by atoms with E-state index in [0.29, 0.717) is 5.02 Å². The van der Waals surface area contributed by atoms with Crippen molar-refractivity contribution in [3.8, 4) is 0 Å². The van der Waals surface area contributed by atoms with Crippen molar-refractivity contribution in [2.45, 2.75) is 26.4 Å². The normalized spacial score (nSPS) is 12.1. The van der Waals surface area contributed by atoms with Gasteiger partial charge in [-0.1, -0.05) is 17.7 Å². The lowest BCUT2D eigenvalue weighted by Gasteiger charge is -2.29. The molecule has 0 radical (unpaired) electrons. The molecule has 0 amide bonds. The van der Waals surface area contributed by atoms with E-state index in [0.717, 1.165) is 17.8 Å². The maximum Gasteiger partial charge on any atom is 0.323 e. The van der Waals surface area contributed by atoms with Crippen LogP contribution in [0.4, 0.5) is 5.69 Å². The number of nitrogens with zero attached hydrogens (tertiary/aromatic N) is 3. The van der Waals surface area contributed by atoms with Gasteiger partial charge in [0.1, 0.15) is 6.54 Å². The highest BCUT2D eigenvalue weighted by atomic mass is 35.5. The van der Waals surface area contributed by atoms with E-state index in [9.17, 15) is 4.79 Å². The molecule has 1 heterocycles. The molecule has 2 aromatic rings. The molecule has 1 aromatic heterocycles. The van der Waals surface area contributed by atoms with E-state index in [1.54, 1.807) is 23.2 Å². The Morgan fingerprint density at radius 2 is 2.29 bits per heavy atom. The average molecular weight is 308 g/mol. The average Bonchev–Trinajstić information content (AvgIpc) is 2.92. The summed E-state index contributed by atoms with van der Waals surface area (Å²) in [4.78, 5) is 13.0. The lowest BCUT2D eigenvalue weighted by atomic mass is 10.1. The fourth-order valence-corrected chi connectivity index (χ4v) is 2.39. The third kappa shape index (κ3) is 3.76. The van der Waals surface area contributed by atoms with E-state index in [4.69, 9.17) is 16.7 Å². The number of aromatic nitrogens is 2. The summed E-state index contributed by atoms with van der Waals surface area (Å²) in [6, 6.07) is 7.10. The maximum absolute atomic E-state index is 11.2. The summed E-state index contributed by atoms with van der Waals surface area (Å²) in [5.74, 6) is -0.885. The molecule has 1 aromatic carbocycles. The molecule has 6 heteroatoms. The number of anilines is 1. The molecule has 5 nitrogen and oxygen atoms in total. The Labute approximate surface area is 128 Å². The van der Waals surface area contributed by atoms with Gasteiger partial charge in [0, 0.05) is 29.0 Å². The van der Waals surface area contributed by atoms with E-state index in [-0.39, 0.29) is 12.6 Å². The number of aryl methyl sites for hydroxylation is 1. The zero-order valence-electron chi connectivity index (χ0n) is 12.0. The quantitative estimate of drug-likeness (QED) is 0.890. The van der Waals surface area contributed by atoms with Crippen LogP contribution in [0.2, 0.25) is 5.02 Å². The van der Waals surface area contributed by atoms with Gasteiger partial charge in [-0.2, -0.15) is 5.10 Å². The van der Waals surface area contributed by atoms with Crippen molar-refractivity contribution in [2.75, 3.05) is 11.4 Å². The van der Waals surface area contributed by atoms with Gasteiger partial charge >= 0.3 is 5.97 Å². The van der Waals surface area contributed by atoms with Crippen molar-refractivity contribution in [1.29, 1.82) is 0 Å². The van der Waals surface area contributed by atoms with E-state index >= 15 is 0 Å². The smallest absolute Gasteiger partial charge is 0.323 e. The first-order valence-corrected chi connectivity index (χ1v) is 7.15. The Morgan fingerprint density at radius 1 is 1.52 bits per heavy atom. The van der Waals surface area contributed by atoms with Crippen molar-refractivity contribution in [2.24, 2.45) is 0 Å². The van der Waals surface area contributed by atoms with Crippen LogP contribution in [0.5, 0.6) is 0 Å². The lowest BCUT2D eigenvalue weighted by molar-refractivity contribution is -0.135. The van der Waals surface area contributed by atoms with Crippen LogP contribution in [-0.2, 0) is 11.3 Å². The van der Waals surface area contributed by atoms with Gasteiger partial charge in [0.2, 0.25) is 0 Å². The Bertz CT molecular complexity index is 627. The molecule has 1 N–H and O–H groups in total. The predicted octanol–water partition coefficient (Wildman–Crippen LogP) is 3.21. The standard InChI is InChI=1S/C15H18ClN3O2/c1-3-18-9-12(8-17-18)11(2)19(10-15(20)21)14-6-4-5-13(16)7-14/h4-9,11H,3,10H2,1-2H3,(H,20,21). The van der Waals surface area contributed by atoms with Gasteiger partial charge in [0.05, 0.1) is 12.2 Å². The molecule has 0 aliphatic heterocycles. The molecule has 0 fully saturated rings. The van der Waals surface area contributed by atoms with Crippen LogP contribution < -0.4 is 4.90 Å². The largest absolute Gasteiger partial charge is 0.480 e. The Morgan fingerprint density at radius 3 is 2.86 bits per heavy atom. The van der Waals surface area contributed by atoms with Gasteiger partial charge in [-0.3, -0.25) is 9.48 Å². The van der Waals surface area contributed by atoms with Crippen LogP contribution in [-0.4, -0.2) is 27.4 Å². The minimum atomic E-state index is -0.885. The summed E-state index contributed by atoms with van der Waals surface area (Å²) in [5.41, 5.74) is 1.75. The minimum Gasteiger partial charge on any atom is -0.480 e. The van der Waals surface area contributed by atoms with Crippen LogP contribution in [0.25, 0.3) is 0 Å². The van der Waals surface area contributed by atoms with Gasteiger partial charge in [0.15, 0.2) is 0 Å². The summed E-state index contributed by atoms with van der Waals surface area (Å²) >= 11 is 6.01. The molecule has 0 spiro atoms. The molecule has 112 valence electrons. The summed E-state index contributed by atoms with van der Waals surface area (Å²) in [5, 5.41) is 14.0. The van der Waals surface area contributed by atoms with E-state index in [1.165, 1.54) is 0 Å². The predicted molar refractivity (Wildman–Crippen MR) is 82.7 cm³/mol. The number of hydrogen-bond donors (Lipinski definition) is 1. The highest BCUT2D eigenvalue weighted by Crippen LogP contribution is 2.28. The Balaban J connectivity index is 2.32. The first kappa shape index (κ1) is 15.4. The molecular formula is C15H18ClN3O2. The van der Waals surface area contributed by atoms with Crippen LogP contribution in [0.1, 0.15) is 25.5 Å². The maximum atomic E-state index is 11.2. The second kappa shape index (κ2) is 6.63. The van der Waals surface area contributed by atoms with Crippen molar-refractivity contribution < 1.29 is 9.90 Å². The van der Waals surface area contributed by atoms with Gasteiger partial charge in [-0.05, 0) is 32.0 Å². The molecule has 2 rings (SSSR count). The summed E-state index contributed by atoms with van der Waals surface area (Å²) in [6.45, 7) is 4.65. The third-order valence-electron chi connectivity index (χ3n) is 3.37. The summed E-state index contributed by atoms with van der Waals surface area (Å²) in [6.07, 6.45) is 3.71. The highest BCUT2D eigenvalue weighted by Gasteiger charge is 2.20. The summed E-state index contributed by atoms with van der Waals surface area (Å²) < 4.78 is 1.82. The van der Waals surface area contributed by atoms with Crippen LogP contribution in [0.15, 0.2) is 36.7 Å². The molecule has 21 heavy (non-hydrogen) atoms. The zero-order chi connectivity index (χ0) is 15.4. The highest BCUT2D eigenvalue weighted by molar-refractivity contribution is 6.30. The number of aliphatic carboxylic acids is 1. The van der Waals surface area contributed by atoms with Gasteiger partial charge in [-0.15, -0.1) is 0 Å². The fraction of sp³-hybridized carbons (Fsp3) is 0.333. The number of hydrogen-bond acceptors (Lipinski definition) is 3. The first-order chi connectivity index (χ1) is 10.0. The van der Waals surface area contributed by atoms with Gasteiger partial charge in [0.25, 0.3) is 0 Å². The van der Waals surface area contributed by atoms with Crippen LogP contribution in [0.3, 0.4) is 0 Å². The van der Waals surface area contributed by atoms with Crippen molar-refractivity contribution in [1.82, 2.24) is 9.78 Å². The van der Waals surface area contributed by atoms with Gasteiger partial charge in [-0.25, -0.2) is 0 Å². The number of halogens is 1. The number of carboxylic acid groups (broad SMARTS) is 1. The lowest BCUT2D eigenvalue weighted by Crippen LogP contribution is -2.32. The fourth-order valence-electron chi connectivity index (χ4n) is 2.20. The van der Waals surface area contributed by atoms with Crippen molar-refractivity contribution >= 4 is 23.3 Å². The molecule has 0 aliphatic carbocycles. The number of benzene rings is 1. The molecule has 0 saturated carbocycles. The second-order valence-electron chi connectivity index (χ2n) is 4.81. The molecule has 0 bridgehead atoms. The van der Waals surface area contributed by atoms with Crippen LogP contribution >= 0.6 is 11.6 Å². The van der Waals surface area contributed by atoms with Crippen LogP contribution in [0, 0.1) is 0 Å². The molecule has 1 atom stereocenters.